The number of urea groups is 1. The third kappa shape index (κ3) is 7.04. The zero-order valence-electron chi connectivity index (χ0n) is 23.0. The molecule has 0 radical (unpaired) electrons. The first-order valence-corrected chi connectivity index (χ1v) is 14.4. The number of nitrogens with one attached hydrogen (secondary N) is 2. The van der Waals surface area contributed by atoms with Crippen LogP contribution in [0.2, 0.25) is 5.02 Å². The molecule has 0 unspecified atom stereocenters. The maximum absolute atomic E-state index is 13.8. The fourth-order valence-electron chi connectivity index (χ4n) is 5.20. The summed E-state index contributed by atoms with van der Waals surface area (Å²) in [5.41, 5.74) is 1.94. The second kappa shape index (κ2) is 13.2. The van der Waals surface area contributed by atoms with Crippen molar-refractivity contribution in [2.75, 3.05) is 18.1 Å². The molecular formula is C30H39ClN4O4. The maximum atomic E-state index is 13.8. The first-order chi connectivity index (χ1) is 18.8. The van der Waals surface area contributed by atoms with Crippen molar-refractivity contribution in [1.29, 1.82) is 0 Å². The Morgan fingerprint density at radius 2 is 1.85 bits per heavy atom. The van der Waals surface area contributed by atoms with Crippen LogP contribution in [0.25, 0.3) is 0 Å². The topological polar surface area (TPSA) is 91.0 Å². The van der Waals surface area contributed by atoms with Gasteiger partial charge >= 0.3 is 6.03 Å². The Morgan fingerprint density at radius 1 is 1.10 bits per heavy atom. The van der Waals surface area contributed by atoms with Crippen LogP contribution in [0, 0.1) is 0 Å². The van der Waals surface area contributed by atoms with Crippen LogP contribution in [0.5, 0.6) is 5.75 Å². The Kier molecular flexibility index (Phi) is 9.73. The molecule has 1 aliphatic heterocycles. The number of para-hydroxylation sites is 1. The fourth-order valence-corrected chi connectivity index (χ4v) is 5.46. The molecule has 9 heteroatoms. The predicted molar refractivity (Wildman–Crippen MR) is 153 cm³/mol. The van der Waals surface area contributed by atoms with Crippen molar-refractivity contribution in [2.24, 2.45) is 0 Å². The second-order valence-corrected chi connectivity index (χ2v) is 10.9. The van der Waals surface area contributed by atoms with Crippen molar-refractivity contribution in [3.8, 4) is 5.75 Å². The van der Waals surface area contributed by atoms with Crippen LogP contribution < -0.4 is 20.3 Å². The fraction of sp³-hybridized carbons (Fsp3) is 0.500. The highest BCUT2D eigenvalue weighted by molar-refractivity contribution is 6.34. The van der Waals surface area contributed by atoms with Gasteiger partial charge in [-0.1, -0.05) is 56.0 Å². The molecule has 0 saturated heterocycles. The van der Waals surface area contributed by atoms with E-state index in [9.17, 15) is 14.4 Å². The van der Waals surface area contributed by atoms with E-state index in [1.807, 2.05) is 38.1 Å². The summed E-state index contributed by atoms with van der Waals surface area (Å²) in [5, 5.41) is 6.27. The summed E-state index contributed by atoms with van der Waals surface area (Å²) in [4.78, 5) is 43.3. The molecule has 1 aliphatic carbocycles. The van der Waals surface area contributed by atoms with Gasteiger partial charge < -0.3 is 25.2 Å². The number of halogens is 1. The third-order valence-electron chi connectivity index (χ3n) is 7.44. The number of ether oxygens (including phenoxy) is 1. The number of carbonyl (C=O) groups is 3. The lowest BCUT2D eigenvalue weighted by Gasteiger charge is -2.31. The number of amides is 4. The Balaban J connectivity index is 1.49. The highest BCUT2D eigenvalue weighted by Gasteiger charge is 2.33. The van der Waals surface area contributed by atoms with Crippen LogP contribution in [-0.2, 0) is 11.3 Å². The highest BCUT2D eigenvalue weighted by Crippen LogP contribution is 2.31. The lowest BCUT2D eigenvalue weighted by Crippen LogP contribution is -2.54. The summed E-state index contributed by atoms with van der Waals surface area (Å²) in [6.07, 6.45) is 6.27. The van der Waals surface area contributed by atoms with Gasteiger partial charge in [-0.15, -0.1) is 0 Å². The number of fused-ring (bicyclic) bond motifs is 1. The molecule has 2 aliphatic rings. The molecule has 1 fully saturated rings. The molecule has 2 aromatic rings. The summed E-state index contributed by atoms with van der Waals surface area (Å²) in [6, 6.07) is 11.5. The van der Waals surface area contributed by atoms with Crippen molar-refractivity contribution in [1.82, 2.24) is 15.5 Å². The molecule has 0 bridgehead atoms. The summed E-state index contributed by atoms with van der Waals surface area (Å²) in [7, 11) is 0. The van der Waals surface area contributed by atoms with Gasteiger partial charge in [0.05, 0.1) is 17.2 Å². The first kappa shape index (κ1) is 28.7. The van der Waals surface area contributed by atoms with E-state index in [0.717, 1.165) is 43.4 Å². The van der Waals surface area contributed by atoms with Crippen molar-refractivity contribution in [3.05, 3.63) is 58.6 Å². The minimum absolute atomic E-state index is 0.170. The van der Waals surface area contributed by atoms with E-state index in [4.69, 9.17) is 16.3 Å². The molecule has 0 spiro atoms. The van der Waals surface area contributed by atoms with Crippen LogP contribution >= 0.6 is 11.6 Å². The Morgan fingerprint density at radius 3 is 2.56 bits per heavy atom. The van der Waals surface area contributed by atoms with E-state index in [2.05, 4.69) is 10.6 Å². The highest BCUT2D eigenvalue weighted by atomic mass is 35.5. The monoisotopic (exact) mass is 554 g/mol. The lowest BCUT2D eigenvalue weighted by atomic mass is 9.95. The van der Waals surface area contributed by atoms with Gasteiger partial charge in [-0.2, -0.15) is 0 Å². The van der Waals surface area contributed by atoms with Crippen LogP contribution in [0.15, 0.2) is 42.5 Å². The molecule has 4 rings (SSSR count). The van der Waals surface area contributed by atoms with Crippen molar-refractivity contribution in [2.45, 2.75) is 84.0 Å². The van der Waals surface area contributed by atoms with Crippen LogP contribution in [0.4, 0.5) is 10.5 Å². The van der Waals surface area contributed by atoms with Crippen molar-refractivity contribution in [3.63, 3.8) is 0 Å². The summed E-state index contributed by atoms with van der Waals surface area (Å²) in [6.45, 7) is 6.78. The summed E-state index contributed by atoms with van der Waals surface area (Å²) < 4.78 is 5.65. The van der Waals surface area contributed by atoms with Gasteiger partial charge in [0.2, 0.25) is 5.91 Å². The van der Waals surface area contributed by atoms with E-state index >= 15 is 0 Å². The quantitative estimate of drug-likeness (QED) is 0.471. The molecule has 1 saturated carbocycles. The molecule has 8 nitrogen and oxygen atoms in total. The molecule has 2 aromatic carbocycles. The maximum Gasteiger partial charge on any atom is 0.318 e. The SMILES string of the molecule is CCCOc1ccc(C(=O)N2C[C@H](C)N(C(=O)N[C@H](C)C(=O)NC3CCCCC3)Cc3ccccc32)c(Cl)c1. The Bertz CT molecular complexity index is 1180. The van der Waals surface area contributed by atoms with Gasteiger partial charge in [0.15, 0.2) is 0 Å². The minimum Gasteiger partial charge on any atom is -0.494 e. The van der Waals surface area contributed by atoms with Gasteiger partial charge in [-0.05, 0) is 62.9 Å². The van der Waals surface area contributed by atoms with Crippen LogP contribution in [0.1, 0.15) is 75.2 Å². The number of carbonyl (C=O) groups excluding carboxylic acids is 3. The van der Waals surface area contributed by atoms with Gasteiger partial charge in [-0.3, -0.25) is 9.59 Å². The molecule has 4 amide bonds. The molecule has 210 valence electrons. The van der Waals surface area contributed by atoms with Crippen molar-refractivity contribution >= 4 is 35.1 Å². The standard InChI is InChI=1S/C30H39ClN4O4/c1-4-16-39-24-14-15-25(26(31)17-24)29(37)35-18-20(2)34(19-22-10-8-9-13-27(22)35)30(38)32-21(3)28(36)33-23-11-6-5-7-12-23/h8-10,13-15,17,20-21,23H,4-7,11-12,16,18-19H2,1-3H3,(H,32,38)(H,33,36)/t20-,21+/m0/s1. The number of hydrogen-bond acceptors (Lipinski definition) is 4. The first-order valence-electron chi connectivity index (χ1n) is 14.0. The Labute approximate surface area is 236 Å². The second-order valence-electron chi connectivity index (χ2n) is 10.5. The average molecular weight is 555 g/mol. The number of anilines is 1. The average Bonchev–Trinajstić information content (AvgIpc) is 3.08. The summed E-state index contributed by atoms with van der Waals surface area (Å²) >= 11 is 6.52. The Hall–Kier alpha value is -3.26. The van der Waals surface area contributed by atoms with Gasteiger partial charge in [-0.25, -0.2) is 4.79 Å². The zero-order chi connectivity index (χ0) is 27.9. The molecule has 2 atom stereocenters. The van der Waals surface area contributed by atoms with Crippen molar-refractivity contribution < 1.29 is 19.1 Å². The number of rotatable bonds is 7. The molecule has 2 N–H and O–H groups in total. The normalized spacial score (nSPS) is 18.5. The van der Waals surface area contributed by atoms with Gasteiger partial charge in [0.1, 0.15) is 11.8 Å². The van der Waals surface area contributed by atoms with Gasteiger partial charge in [0.25, 0.3) is 5.91 Å². The summed E-state index contributed by atoms with van der Waals surface area (Å²) in [5.74, 6) is 0.201. The minimum atomic E-state index is -0.671. The van der Waals surface area contributed by atoms with E-state index < -0.39 is 6.04 Å². The number of hydrogen-bond donors (Lipinski definition) is 2. The zero-order valence-corrected chi connectivity index (χ0v) is 23.8. The molecular weight excluding hydrogens is 516 g/mol. The smallest absolute Gasteiger partial charge is 0.318 e. The largest absolute Gasteiger partial charge is 0.494 e. The lowest BCUT2D eigenvalue weighted by molar-refractivity contribution is -0.123. The van der Waals surface area contributed by atoms with Crippen LogP contribution in [-0.4, -0.2) is 54.0 Å². The molecule has 0 aromatic heterocycles. The molecule has 1 heterocycles. The number of nitrogens with zero attached hydrogens (tertiary/aromatic N) is 2. The third-order valence-corrected chi connectivity index (χ3v) is 7.75. The van der Waals surface area contributed by atoms with E-state index in [1.165, 1.54) is 6.42 Å². The van der Waals surface area contributed by atoms with E-state index in [1.54, 1.807) is 34.9 Å². The number of benzene rings is 2. The van der Waals surface area contributed by atoms with E-state index in [0.29, 0.717) is 29.5 Å². The van der Waals surface area contributed by atoms with E-state index in [-0.39, 0.29) is 36.5 Å². The van der Waals surface area contributed by atoms with Gasteiger partial charge in [0, 0.05) is 30.9 Å². The molecule has 39 heavy (non-hydrogen) atoms. The van der Waals surface area contributed by atoms with Crippen LogP contribution in [0.3, 0.4) is 0 Å². The predicted octanol–water partition coefficient (Wildman–Crippen LogP) is 5.53.